The summed E-state index contributed by atoms with van der Waals surface area (Å²) in [4.78, 5) is 11.2. The van der Waals surface area contributed by atoms with Gasteiger partial charge >= 0.3 is 45.6 Å². The van der Waals surface area contributed by atoms with Crippen molar-refractivity contribution in [2.45, 2.75) is 110 Å². The molecule has 0 spiro atoms. The van der Waals surface area contributed by atoms with Crippen molar-refractivity contribution < 1.29 is 22.5 Å². The molecule has 1 N–H and O–H groups in total. The molecule has 0 unspecified atom stereocenters. The third-order valence-electron chi connectivity index (χ3n) is 4.35. The zero-order valence-corrected chi connectivity index (χ0v) is 16.8. The number of hydrogen-bond acceptors (Lipinski definition) is 4. The summed E-state index contributed by atoms with van der Waals surface area (Å²) in [5.41, 5.74) is 0. The second kappa shape index (κ2) is 20.1. The second-order valence-electron chi connectivity index (χ2n) is 6.92. The zero-order chi connectivity index (χ0) is 18.8. The Morgan fingerprint density at radius 3 is 1.42 bits per heavy atom. The number of ether oxygens (including phenoxy) is 1. The Kier molecular flexibility index (Phi) is 22.1. The van der Waals surface area contributed by atoms with E-state index in [2.05, 4.69) is 11.7 Å². The van der Waals surface area contributed by atoms with Gasteiger partial charge in [-0.3, -0.25) is 9.35 Å². The molecule has 0 aliphatic rings. The topological polar surface area (TPSA) is 80.7 Å². The van der Waals surface area contributed by atoms with E-state index in [9.17, 15) is 13.2 Å². The molecule has 0 aromatic heterocycles. The van der Waals surface area contributed by atoms with Crippen LogP contribution < -0.4 is 0 Å². The molecule has 7 heteroatoms. The Labute approximate surface area is 183 Å². The molecule has 0 radical (unpaired) electrons. The molecule has 0 aromatic rings. The average molecular weight is 403 g/mol. The Hall–Kier alpha value is 0.380. The Morgan fingerprint density at radius 1 is 0.731 bits per heavy atom. The van der Waals surface area contributed by atoms with E-state index in [1.165, 1.54) is 77.0 Å². The fourth-order valence-corrected chi connectivity index (χ4v) is 3.13. The molecule has 0 bridgehead atoms. The van der Waals surface area contributed by atoms with E-state index >= 15 is 0 Å². The van der Waals surface area contributed by atoms with Crippen LogP contribution in [0.25, 0.3) is 0 Å². The van der Waals surface area contributed by atoms with Gasteiger partial charge in [-0.2, -0.15) is 8.42 Å². The van der Waals surface area contributed by atoms with Crippen molar-refractivity contribution in [3.63, 3.8) is 0 Å². The number of carbonyl (C=O) groups is 1. The molecule has 0 saturated heterocycles. The molecule has 5 nitrogen and oxygen atoms in total. The van der Waals surface area contributed by atoms with Crippen LogP contribution in [0.15, 0.2) is 0 Å². The SMILES string of the molecule is CCCCCCCCCCCCCCCCCC(=O)OCS(=O)(=O)O.[NaH]. The van der Waals surface area contributed by atoms with Crippen LogP contribution in [-0.2, 0) is 19.6 Å². The molecule has 26 heavy (non-hydrogen) atoms. The van der Waals surface area contributed by atoms with Gasteiger partial charge in [-0.05, 0) is 6.42 Å². The van der Waals surface area contributed by atoms with Gasteiger partial charge in [0.25, 0.3) is 0 Å². The zero-order valence-electron chi connectivity index (χ0n) is 16.0. The first-order valence-corrected chi connectivity index (χ1v) is 11.7. The van der Waals surface area contributed by atoms with Crippen LogP contribution in [-0.4, -0.2) is 54.4 Å². The number of esters is 1. The quantitative estimate of drug-likeness (QED) is 0.151. The minimum atomic E-state index is -4.22. The number of unbranched alkanes of at least 4 members (excludes halogenated alkanes) is 14. The van der Waals surface area contributed by atoms with E-state index in [1.807, 2.05) is 0 Å². The van der Waals surface area contributed by atoms with Crippen LogP contribution >= 0.6 is 0 Å². The minimum absolute atomic E-state index is 0. The molecule has 0 atom stereocenters. The molecule has 0 aliphatic carbocycles. The molecule has 0 rings (SSSR count). The predicted octanol–water partition coefficient (Wildman–Crippen LogP) is 4.99. The third-order valence-corrected chi connectivity index (χ3v) is 4.77. The Morgan fingerprint density at radius 2 is 1.08 bits per heavy atom. The Bertz CT molecular complexity index is 412. The van der Waals surface area contributed by atoms with Crippen molar-refractivity contribution in [1.82, 2.24) is 0 Å². The fourth-order valence-electron chi connectivity index (χ4n) is 2.85. The summed E-state index contributed by atoms with van der Waals surface area (Å²) in [7, 11) is -4.22. The van der Waals surface area contributed by atoms with Crippen LogP contribution in [0.5, 0.6) is 0 Å². The van der Waals surface area contributed by atoms with Gasteiger partial charge in [-0.15, -0.1) is 0 Å². The molecule has 0 fully saturated rings. The summed E-state index contributed by atoms with van der Waals surface area (Å²) in [5.74, 6) is -1.50. The van der Waals surface area contributed by atoms with Crippen LogP contribution in [0.1, 0.15) is 110 Å². The maximum absolute atomic E-state index is 11.2. The van der Waals surface area contributed by atoms with E-state index in [4.69, 9.17) is 4.55 Å². The summed E-state index contributed by atoms with van der Waals surface area (Å²) in [6, 6.07) is 0. The van der Waals surface area contributed by atoms with E-state index in [1.54, 1.807) is 0 Å². The van der Waals surface area contributed by atoms with E-state index in [0.29, 0.717) is 6.42 Å². The van der Waals surface area contributed by atoms with Crippen LogP contribution in [0.3, 0.4) is 0 Å². The fraction of sp³-hybridized carbons (Fsp3) is 0.947. The predicted molar refractivity (Wildman–Crippen MR) is 109 cm³/mol. The number of rotatable bonds is 18. The van der Waals surface area contributed by atoms with Crippen molar-refractivity contribution in [3.05, 3.63) is 0 Å². The summed E-state index contributed by atoms with van der Waals surface area (Å²) in [6.45, 7) is 2.25. The first-order valence-electron chi connectivity index (χ1n) is 10.1. The maximum atomic E-state index is 11.2. The van der Waals surface area contributed by atoms with Gasteiger partial charge in [-0.25, -0.2) is 0 Å². The summed E-state index contributed by atoms with van der Waals surface area (Å²) >= 11 is 0. The molecular formula is C19H39NaO5S. The molecule has 0 saturated carbocycles. The van der Waals surface area contributed by atoms with Crippen LogP contribution in [0.4, 0.5) is 0 Å². The van der Waals surface area contributed by atoms with Gasteiger partial charge in [0.15, 0.2) is 0 Å². The summed E-state index contributed by atoms with van der Waals surface area (Å²) < 4.78 is 33.8. The second-order valence-corrected chi connectivity index (χ2v) is 8.32. The third kappa shape index (κ3) is 24.4. The molecular weight excluding hydrogens is 363 g/mol. The molecule has 152 valence electrons. The van der Waals surface area contributed by atoms with Gasteiger partial charge in [0.1, 0.15) is 0 Å². The van der Waals surface area contributed by atoms with Gasteiger partial charge in [0, 0.05) is 6.42 Å². The van der Waals surface area contributed by atoms with Gasteiger partial charge in [0.05, 0.1) is 0 Å². The molecule has 0 aliphatic heterocycles. The van der Waals surface area contributed by atoms with Crippen molar-refractivity contribution >= 4 is 45.6 Å². The van der Waals surface area contributed by atoms with Gasteiger partial charge in [0.2, 0.25) is 5.94 Å². The monoisotopic (exact) mass is 402 g/mol. The molecule has 0 amide bonds. The van der Waals surface area contributed by atoms with E-state index in [0.717, 1.165) is 12.8 Å². The van der Waals surface area contributed by atoms with Crippen LogP contribution in [0, 0.1) is 0 Å². The van der Waals surface area contributed by atoms with Crippen molar-refractivity contribution in [1.29, 1.82) is 0 Å². The average Bonchev–Trinajstić information content (AvgIpc) is 2.56. The molecule has 0 heterocycles. The van der Waals surface area contributed by atoms with E-state index < -0.39 is 22.0 Å². The van der Waals surface area contributed by atoms with Gasteiger partial charge < -0.3 is 4.74 Å². The van der Waals surface area contributed by atoms with E-state index in [-0.39, 0.29) is 36.0 Å². The van der Waals surface area contributed by atoms with Crippen molar-refractivity contribution in [2.24, 2.45) is 0 Å². The first kappa shape index (κ1) is 28.6. The van der Waals surface area contributed by atoms with Crippen molar-refractivity contribution in [3.8, 4) is 0 Å². The standard InChI is InChI=1S/C19H38O5S.Na.H/c1-2-3-4-5-6-7-8-9-10-11-12-13-14-15-16-17-19(20)24-18-25(21,22)23;;/h2-18H2,1H3,(H,21,22,23);;. The van der Waals surface area contributed by atoms with Gasteiger partial charge in [-0.1, -0.05) is 96.8 Å². The Balaban J connectivity index is 0. The summed E-state index contributed by atoms with van der Waals surface area (Å²) in [5, 5.41) is 0. The number of hydrogen-bond donors (Lipinski definition) is 1. The molecule has 0 aromatic carbocycles. The number of carbonyl (C=O) groups excluding carboxylic acids is 1. The summed E-state index contributed by atoms with van der Waals surface area (Å²) in [6.07, 6.45) is 19.1. The van der Waals surface area contributed by atoms with Crippen LogP contribution in [0.2, 0.25) is 0 Å². The normalized spacial score (nSPS) is 11.2. The van der Waals surface area contributed by atoms with Crippen molar-refractivity contribution in [2.75, 3.05) is 5.94 Å². The first-order chi connectivity index (χ1) is 12.0.